The van der Waals surface area contributed by atoms with Crippen molar-refractivity contribution in [3.05, 3.63) is 32.9 Å². The van der Waals surface area contributed by atoms with Crippen molar-refractivity contribution in [1.82, 2.24) is 9.55 Å². The summed E-state index contributed by atoms with van der Waals surface area (Å²) in [5, 5.41) is 10.1. The molecule has 0 saturated heterocycles. The molecule has 17 heavy (non-hydrogen) atoms. The SMILES string of the molecule is Cc1cnc(Cn2c(C)c(C)c(C#N)c2N)s1. The summed E-state index contributed by atoms with van der Waals surface area (Å²) in [5.74, 6) is 0.537. The molecule has 0 aliphatic heterocycles. The van der Waals surface area contributed by atoms with Crippen LogP contribution in [0, 0.1) is 32.1 Å². The van der Waals surface area contributed by atoms with Gasteiger partial charge in [-0.3, -0.25) is 0 Å². The number of aromatic nitrogens is 2. The van der Waals surface area contributed by atoms with Crippen LogP contribution < -0.4 is 5.73 Å². The molecule has 0 fully saturated rings. The Kier molecular flexibility index (Phi) is 2.90. The first-order chi connectivity index (χ1) is 8.04. The van der Waals surface area contributed by atoms with Crippen molar-refractivity contribution in [1.29, 1.82) is 5.26 Å². The minimum Gasteiger partial charge on any atom is -0.384 e. The zero-order valence-electron chi connectivity index (χ0n) is 10.1. The molecule has 5 heteroatoms. The highest BCUT2D eigenvalue weighted by Crippen LogP contribution is 2.25. The van der Waals surface area contributed by atoms with Gasteiger partial charge in [-0.15, -0.1) is 11.3 Å². The summed E-state index contributed by atoms with van der Waals surface area (Å²) >= 11 is 1.65. The van der Waals surface area contributed by atoms with Crippen molar-refractivity contribution in [2.24, 2.45) is 0 Å². The average Bonchev–Trinajstić information content (AvgIpc) is 2.78. The third-order valence-electron chi connectivity index (χ3n) is 2.94. The van der Waals surface area contributed by atoms with Gasteiger partial charge < -0.3 is 10.3 Å². The summed E-state index contributed by atoms with van der Waals surface area (Å²) in [6.07, 6.45) is 1.85. The standard InChI is InChI=1S/C12H14N4S/c1-7-5-15-11(17-7)6-16-9(3)8(2)10(4-13)12(16)14/h5H,6,14H2,1-3H3. The van der Waals surface area contributed by atoms with Gasteiger partial charge in [0.2, 0.25) is 0 Å². The molecular weight excluding hydrogens is 232 g/mol. The second kappa shape index (κ2) is 4.22. The second-order valence-corrected chi connectivity index (χ2v) is 5.35. The first-order valence-corrected chi connectivity index (χ1v) is 6.12. The molecule has 2 aromatic rings. The lowest BCUT2D eigenvalue weighted by molar-refractivity contribution is 0.777. The number of anilines is 1. The number of rotatable bonds is 2. The minimum absolute atomic E-state index is 0.537. The molecule has 0 aliphatic rings. The van der Waals surface area contributed by atoms with Gasteiger partial charge in [-0.05, 0) is 26.3 Å². The van der Waals surface area contributed by atoms with E-state index >= 15 is 0 Å². The minimum atomic E-state index is 0.537. The van der Waals surface area contributed by atoms with Crippen molar-refractivity contribution in [3.63, 3.8) is 0 Å². The van der Waals surface area contributed by atoms with E-state index in [1.54, 1.807) is 11.3 Å². The lowest BCUT2D eigenvalue weighted by Gasteiger charge is -2.06. The Morgan fingerprint density at radius 1 is 1.47 bits per heavy atom. The predicted molar refractivity (Wildman–Crippen MR) is 69.0 cm³/mol. The Hall–Kier alpha value is -1.80. The quantitative estimate of drug-likeness (QED) is 0.884. The molecule has 0 unspecified atom stereocenters. The zero-order chi connectivity index (χ0) is 12.6. The molecule has 2 N–H and O–H groups in total. The number of thiazole rings is 1. The van der Waals surface area contributed by atoms with Crippen molar-refractivity contribution >= 4 is 17.2 Å². The van der Waals surface area contributed by atoms with E-state index in [1.807, 2.05) is 31.5 Å². The Bertz CT molecular complexity index is 601. The van der Waals surface area contributed by atoms with Gasteiger partial charge in [0.15, 0.2) is 0 Å². The molecule has 0 aromatic carbocycles. The summed E-state index contributed by atoms with van der Waals surface area (Å²) < 4.78 is 1.95. The molecule has 0 radical (unpaired) electrons. The van der Waals surface area contributed by atoms with E-state index in [-0.39, 0.29) is 0 Å². The maximum Gasteiger partial charge on any atom is 0.122 e. The van der Waals surface area contributed by atoms with Crippen molar-refractivity contribution in [2.45, 2.75) is 27.3 Å². The van der Waals surface area contributed by atoms with E-state index in [1.165, 1.54) is 4.88 Å². The van der Waals surface area contributed by atoms with Crippen LogP contribution in [-0.4, -0.2) is 9.55 Å². The fraction of sp³-hybridized carbons (Fsp3) is 0.333. The van der Waals surface area contributed by atoms with Crippen LogP contribution >= 0.6 is 11.3 Å². The molecule has 0 atom stereocenters. The van der Waals surface area contributed by atoms with E-state index in [0.717, 1.165) is 16.3 Å². The zero-order valence-corrected chi connectivity index (χ0v) is 10.9. The van der Waals surface area contributed by atoms with Gasteiger partial charge in [-0.1, -0.05) is 0 Å². The van der Waals surface area contributed by atoms with Crippen LogP contribution in [-0.2, 0) is 6.54 Å². The van der Waals surface area contributed by atoms with Crippen LogP contribution in [0.2, 0.25) is 0 Å². The van der Waals surface area contributed by atoms with Crippen LogP contribution in [0.15, 0.2) is 6.20 Å². The summed E-state index contributed by atoms with van der Waals surface area (Å²) in [4.78, 5) is 5.50. The number of hydrogen-bond donors (Lipinski definition) is 1. The Morgan fingerprint density at radius 3 is 2.65 bits per heavy atom. The molecular formula is C12H14N4S. The molecule has 2 heterocycles. The lowest BCUT2D eigenvalue weighted by Crippen LogP contribution is -2.06. The molecule has 0 saturated carbocycles. The molecule has 2 rings (SSSR count). The van der Waals surface area contributed by atoms with Gasteiger partial charge in [-0.25, -0.2) is 4.98 Å². The van der Waals surface area contributed by atoms with Crippen LogP contribution in [0.3, 0.4) is 0 Å². The van der Waals surface area contributed by atoms with Crippen molar-refractivity contribution in [3.8, 4) is 6.07 Å². The molecule has 0 aliphatic carbocycles. The van der Waals surface area contributed by atoms with Gasteiger partial charge in [0.05, 0.1) is 12.1 Å². The van der Waals surface area contributed by atoms with E-state index in [2.05, 4.69) is 11.1 Å². The molecule has 2 aromatic heterocycles. The second-order valence-electron chi connectivity index (χ2n) is 4.03. The van der Waals surface area contributed by atoms with Crippen LogP contribution in [0.4, 0.5) is 5.82 Å². The summed E-state index contributed by atoms with van der Waals surface area (Å²) in [7, 11) is 0. The predicted octanol–water partition coefficient (Wildman–Crippen LogP) is 2.37. The third kappa shape index (κ3) is 1.92. The smallest absolute Gasteiger partial charge is 0.122 e. The number of aryl methyl sites for hydroxylation is 1. The molecule has 0 bridgehead atoms. The van der Waals surface area contributed by atoms with Gasteiger partial charge in [0.25, 0.3) is 0 Å². The highest BCUT2D eigenvalue weighted by atomic mass is 32.1. The van der Waals surface area contributed by atoms with E-state index < -0.39 is 0 Å². The lowest BCUT2D eigenvalue weighted by atomic mass is 10.2. The first-order valence-electron chi connectivity index (χ1n) is 5.31. The van der Waals surface area contributed by atoms with Crippen molar-refractivity contribution < 1.29 is 0 Å². The molecule has 0 amide bonds. The Balaban J connectivity index is 2.44. The fourth-order valence-corrected chi connectivity index (χ4v) is 2.62. The maximum absolute atomic E-state index is 9.05. The topological polar surface area (TPSA) is 67.6 Å². The normalized spacial score (nSPS) is 10.5. The fourth-order valence-electron chi connectivity index (χ4n) is 1.85. The van der Waals surface area contributed by atoms with E-state index in [9.17, 15) is 0 Å². The number of nitriles is 1. The van der Waals surface area contributed by atoms with Gasteiger partial charge in [0.1, 0.15) is 16.9 Å². The number of nitrogens with zero attached hydrogens (tertiary/aromatic N) is 3. The van der Waals surface area contributed by atoms with Crippen LogP contribution in [0.25, 0.3) is 0 Å². The van der Waals surface area contributed by atoms with E-state index in [4.69, 9.17) is 11.0 Å². The number of nitrogens with two attached hydrogens (primary N) is 1. The van der Waals surface area contributed by atoms with Crippen LogP contribution in [0.1, 0.15) is 26.7 Å². The van der Waals surface area contributed by atoms with E-state index in [0.29, 0.717) is 17.9 Å². The largest absolute Gasteiger partial charge is 0.384 e. The summed E-state index contributed by atoms with van der Waals surface area (Å²) in [5.41, 5.74) is 8.56. The highest BCUT2D eigenvalue weighted by Gasteiger charge is 2.15. The monoisotopic (exact) mass is 246 g/mol. The molecule has 88 valence electrons. The molecule has 0 spiro atoms. The first kappa shape index (κ1) is 11.7. The van der Waals surface area contributed by atoms with Gasteiger partial charge >= 0.3 is 0 Å². The highest BCUT2D eigenvalue weighted by molar-refractivity contribution is 7.11. The Labute approximate surface area is 104 Å². The third-order valence-corrected chi connectivity index (χ3v) is 3.84. The van der Waals surface area contributed by atoms with Gasteiger partial charge in [-0.2, -0.15) is 5.26 Å². The average molecular weight is 246 g/mol. The van der Waals surface area contributed by atoms with Gasteiger partial charge in [0, 0.05) is 16.8 Å². The number of hydrogen-bond acceptors (Lipinski definition) is 4. The van der Waals surface area contributed by atoms with Crippen LogP contribution in [0.5, 0.6) is 0 Å². The number of nitrogen functional groups attached to an aromatic ring is 1. The van der Waals surface area contributed by atoms with Crippen molar-refractivity contribution in [2.75, 3.05) is 5.73 Å². The Morgan fingerprint density at radius 2 is 2.18 bits per heavy atom. The summed E-state index contributed by atoms with van der Waals surface area (Å²) in [6, 6.07) is 2.15. The summed E-state index contributed by atoms with van der Waals surface area (Å²) in [6.45, 7) is 6.57. The molecule has 4 nitrogen and oxygen atoms in total. The maximum atomic E-state index is 9.05.